The van der Waals surface area contributed by atoms with Gasteiger partial charge in [0.25, 0.3) is 0 Å². The zero-order valence-corrected chi connectivity index (χ0v) is 16.7. The lowest BCUT2D eigenvalue weighted by atomic mass is 10.2. The van der Waals surface area contributed by atoms with Crippen LogP contribution in [0, 0.1) is 0 Å². The third-order valence-electron chi connectivity index (χ3n) is 4.83. The molecule has 148 valence electrons. The summed E-state index contributed by atoms with van der Waals surface area (Å²) in [5.41, 5.74) is 2.00. The predicted molar refractivity (Wildman–Crippen MR) is 112 cm³/mol. The van der Waals surface area contributed by atoms with Crippen LogP contribution in [0.5, 0.6) is 0 Å². The molecular formula is C21H25ClN4O2. The summed E-state index contributed by atoms with van der Waals surface area (Å²) in [5.74, 6) is -0.240. The SMILES string of the molecule is CC(NC(=O)N1CCN(c2ccccc2)CC1)C(=O)NCc1ccccc1Cl. The molecule has 3 rings (SSSR count). The smallest absolute Gasteiger partial charge is 0.318 e. The van der Waals surface area contributed by atoms with Crippen molar-refractivity contribution < 1.29 is 9.59 Å². The van der Waals surface area contributed by atoms with Gasteiger partial charge in [0.2, 0.25) is 5.91 Å². The maximum atomic E-state index is 12.5. The molecule has 1 aliphatic rings. The van der Waals surface area contributed by atoms with Crippen molar-refractivity contribution in [1.82, 2.24) is 15.5 Å². The minimum atomic E-state index is -0.623. The first-order valence-electron chi connectivity index (χ1n) is 9.41. The summed E-state index contributed by atoms with van der Waals surface area (Å²) < 4.78 is 0. The van der Waals surface area contributed by atoms with Gasteiger partial charge >= 0.3 is 6.03 Å². The van der Waals surface area contributed by atoms with Gasteiger partial charge in [-0.25, -0.2) is 4.79 Å². The van der Waals surface area contributed by atoms with Crippen molar-refractivity contribution in [2.45, 2.75) is 19.5 Å². The van der Waals surface area contributed by atoms with E-state index in [9.17, 15) is 9.59 Å². The summed E-state index contributed by atoms with van der Waals surface area (Å²) >= 11 is 6.10. The fourth-order valence-electron chi connectivity index (χ4n) is 3.13. The van der Waals surface area contributed by atoms with Gasteiger partial charge in [0.1, 0.15) is 6.04 Å². The number of para-hydroxylation sites is 1. The number of nitrogens with one attached hydrogen (secondary N) is 2. The number of carbonyl (C=O) groups excluding carboxylic acids is 2. The van der Waals surface area contributed by atoms with Crippen LogP contribution >= 0.6 is 11.6 Å². The molecule has 0 spiro atoms. The van der Waals surface area contributed by atoms with Crippen LogP contribution in [0.4, 0.5) is 10.5 Å². The monoisotopic (exact) mass is 400 g/mol. The first kappa shape index (κ1) is 20.0. The molecule has 0 aromatic heterocycles. The maximum absolute atomic E-state index is 12.5. The fraction of sp³-hybridized carbons (Fsp3) is 0.333. The largest absolute Gasteiger partial charge is 0.368 e. The van der Waals surface area contributed by atoms with Crippen LogP contribution in [0.1, 0.15) is 12.5 Å². The molecule has 0 radical (unpaired) electrons. The van der Waals surface area contributed by atoms with Gasteiger partial charge in [0.05, 0.1) is 0 Å². The molecule has 7 heteroatoms. The second-order valence-corrected chi connectivity index (χ2v) is 7.20. The standard InChI is InChI=1S/C21H25ClN4O2/c1-16(20(27)23-15-17-7-5-6-10-19(17)22)24-21(28)26-13-11-25(12-14-26)18-8-3-2-4-9-18/h2-10,16H,11-15H2,1H3,(H,23,27)(H,24,28). The number of nitrogens with zero attached hydrogens (tertiary/aromatic N) is 2. The number of anilines is 1. The van der Waals surface area contributed by atoms with Crippen molar-refractivity contribution in [1.29, 1.82) is 0 Å². The highest BCUT2D eigenvalue weighted by Gasteiger charge is 2.24. The highest BCUT2D eigenvalue weighted by Crippen LogP contribution is 2.16. The number of piperazine rings is 1. The molecule has 2 N–H and O–H groups in total. The molecule has 1 aliphatic heterocycles. The molecule has 0 saturated carbocycles. The van der Waals surface area contributed by atoms with E-state index in [0.717, 1.165) is 24.3 Å². The Bertz CT molecular complexity index is 807. The van der Waals surface area contributed by atoms with Gasteiger partial charge in [-0.1, -0.05) is 48.0 Å². The summed E-state index contributed by atoms with van der Waals surface area (Å²) in [5, 5.41) is 6.20. The lowest BCUT2D eigenvalue weighted by molar-refractivity contribution is -0.122. The molecular weight excluding hydrogens is 376 g/mol. The van der Waals surface area contributed by atoms with Crippen LogP contribution in [0.15, 0.2) is 54.6 Å². The van der Waals surface area contributed by atoms with E-state index in [0.29, 0.717) is 24.7 Å². The molecule has 2 aromatic rings. The second-order valence-electron chi connectivity index (χ2n) is 6.79. The molecule has 1 fully saturated rings. The summed E-state index contributed by atoms with van der Waals surface area (Å²) in [6, 6.07) is 16.7. The molecule has 0 aliphatic carbocycles. The minimum Gasteiger partial charge on any atom is -0.368 e. The second kappa shape index (κ2) is 9.46. The van der Waals surface area contributed by atoms with Crippen LogP contribution in [-0.4, -0.2) is 49.1 Å². The molecule has 1 heterocycles. The Hall–Kier alpha value is -2.73. The fourth-order valence-corrected chi connectivity index (χ4v) is 3.33. The quantitative estimate of drug-likeness (QED) is 0.811. The highest BCUT2D eigenvalue weighted by atomic mass is 35.5. The first-order valence-corrected chi connectivity index (χ1v) is 9.79. The van der Waals surface area contributed by atoms with Gasteiger partial charge in [-0.05, 0) is 30.7 Å². The van der Waals surface area contributed by atoms with Gasteiger partial charge in [-0.2, -0.15) is 0 Å². The third-order valence-corrected chi connectivity index (χ3v) is 5.20. The molecule has 1 saturated heterocycles. The minimum absolute atomic E-state index is 0.215. The van der Waals surface area contributed by atoms with Gasteiger partial charge in [0, 0.05) is 43.4 Å². The summed E-state index contributed by atoms with van der Waals surface area (Å²) in [4.78, 5) is 28.8. The van der Waals surface area contributed by atoms with Crippen molar-refractivity contribution in [3.63, 3.8) is 0 Å². The van der Waals surface area contributed by atoms with Crippen molar-refractivity contribution in [3.8, 4) is 0 Å². The molecule has 1 atom stereocenters. The average molecular weight is 401 g/mol. The molecule has 2 aromatic carbocycles. The lowest BCUT2D eigenvalue weighted by Gasteiger charge is -2.36. The van der Waals surface area contributed by atoms with Gasteiger partial charge in [-0.3, -0.25) is 4.79 Å². The number of benzene rings is 2. The van der Waals surface area contributed by atoms with Crippen molar-refractivity contribution in [2.24, 2.45) is 0 Å². The van der Waals surface area contributed by atoms with Crippen LogP contribution in [0.2, 0.25) is 5.02 Å². The van der Waals surface area contributed by atoms with Crippen LogP contribution < -0.4 is 15.5 Å². The number of hydrogen-bond acceptors (Lipinski definition) is 3. The van der Waals surface area contributed by atoms with Gasteiger partial charge in [0.15, 0.2) is 0 Å². The van der Waals surface area contributed by atoms with Crippen LogP contribution in [0.25, 0.3) is 0 Å². The summed E-state index contributed by atoms with van der Waals surface area (Å²) in [7, 11) is 0. The maximum Gasteiger partial charge on any atom is 0.318 e. The third kappa shape index (κ3) is 5.16. The number of urea groups is 1. The predicted octanol–water partition coefficient (Wildman–Crippen LogP) is 2.88. The Morgan fingerprint density at radius 3 is 2.32 bits per heavy atom. The van der Waals surface area contributed by atoms with E-state index in [1.165, 1.54) is 0 Å². The molecule has 1 unspecified atom stereocenters. The van der Waals surface area contributed by atoms with Crippen LogP contribution in [0.3, 0.4) is 0 Å². The Morgan fingerprint density at radius 1 is 1.00 bits per heavy atom. The van der Waals surface area contributed by atoms with Crippen molar-refractivity contribution >= 4 is 29.2 Å². The van der Waals surface area contributed by atoms with Gasteiger partial charge < -0.3 is 20.4 Å². The lowest BCUT2D eigenvalue weighted by Crippen LogP contribution is -2.55. The normalized spacial score (nSPS) is 15.1. The summed E-state index contributed by atoms with van der Waals surface area (Å²) in [6.07, 6.45) is 0. The van der Waals surface area contributed by atoms with E-state index < -0.39 is 6.04 Å². The Morgan fingerprint density at radius 2 is 1.64 bits per heavy atom. The molecule has 6 nitrogen and oxygen atoms in total. The van der Waals surface area contributed by atoms with E-state index >= 15 is 0 Å². The van der Waals surface area contributed by atoms with Crippen molar-refractivity contribution in [2.75, 3.05) is 31.1 Å². The zero-order chi connectivity index (χ0) is 19.9. The number of halogens is 1. The van der Waals surface area contributed by atoms with E-state index in [-0.39, 0.29) is 11.9 Å². The molecule has 28 heavy (non-hydrogen) atoms. The van der Waals surface area contributed by atoms with E-state index in [1.54, 1.807) is 17.9 Å². The number of hydrogen-bond donors (Lipinski definition) is 2. The first-order chi connectivity index (χ1) is 13.5. The Balaban J connectivity index is 1.44. The van der Waals surface area contributed by atoms with E-state index in [4.69, 9.17) is 11.6 Å². The van der Waals surface area contributed by atoms with Gasteiger partial charge in [-0.15, -0.1) is 0 Å². The molecule has 3 amide bonds. The Labute approximate surface area is 170 Å². The highest BCUT2D eigenvalue weighted by molar-refractivity contribution is 6.31. The number of rotatable bonds is 5. The molecule has 0 bridgehead atoms. The topological polar surface area (TPSA) is 64.7 Å². The number of amides is 3. The Kier molecular flexibility index (Phi) is 6.76. The zero-order valence-electron chi connectivity index (χ0n) is 15.9. The summed E-state index contributed by atoms with van der Waals surface area (Å²) in [6.45, 7) is 4.78. The van der Waals surface area contributed by atoms with E-state index in [2.05, 4.69) is 27.7 Å². The average Bonchev–Trinajstić information content (AvgIpc) is 2.73. The van der Waals surface area contributed by atoms with Crippen LogP contribution in [-0.2, 0) is 11.3 Å². The van der Waals surface area contributed by atoms with Crippen molar-refractivity contribution in [3.05, 3.63) is 65.2 Å². The van der Waals surface area contributed by atoms with E-state index in [1.807, 2.05) is 36.4 Å². The number of carbonyl (C=O) groups is 2.